The van der Waals surface area contributed by atoms with E-state index in [2.05, 4.69) is 17.9 Å². The van der Waals surface area contributed by atoms with Crippen molar-refractivity contribution in [3.63, 3.8) is 0 Å². The quantitative estimate of drug-likeness (QED) is 0.595. The van der Waals surface area contributed by atoms with Crippen LogP contribution in [-0.4, -0.2) is 32.1 Å². The maximum Gasteiger partial charge on any atom is 0.195 e. The fourth-order valence-corrected chi connectivity index (χ4v) is 2.42. The first-order chi connectivity index (χ1) is 9.27. The largest absolute Gasteiger partial charge is 0.343 e. The summed E-state index contributed by atoms with van der Waals surface area (Å²) in [7, 11) is 0. The van der Waals surface area contributed by atoms with Crippen molar-refractivity contribution >= 4 is 12.6 Å². The summed E-state index contributed by atoms with van der Waals surface area (Å²) in [5.41, 5.74) is 0.889. The molecule has 5 heteroatoms. The van der Waals surface area contributed by atoms with Crippen LogP contribution in [0.25, 0.3) is 0 Å². The number of thiol groups is 1. The molecule has 19 heavy (non-hydrogen) atoms. The molecule has 0 bridgehead atoms. The first-order valence-corrected chi connectivity index (χ1v) is 7.26. The third kappa shape index (κ3) is 3.92. The molecule has 0 amide bonds. The van der Waals surface area contributed by atoms with Crippen molar-refractivity contribution in [2.45, 2.75) is 18.6 Å². The maximum absolute atomic E-state index is 13.0. The summed E-state index contributed by atoms with van der Waals surface area (Å²) in [6, 6.07) is 6.37. The Kier molecular flexibility index (Phi) is 5.63. The molecular weight excluding hydrogens is 265 g/mol. The number of halogens is 1. The van der Waals surface area contributed by atoms with Crippen LogP contribution in [0.1, 0.15) is 18.4 Å². The molecular formula is C14H20FNO2S. The molecule has 0 unspecified atom stereocenters. The van der Waals surface area contributed by atoms with Crippen molar-refractivity contribution < 1.29 is 13.9 Å². The van der Waals surface area contributed by atoms with Gasteiger partial charge in [0.2, 0.25) is 0 Å². The molecule has 2 rings (SSSR count). The summed E-state index contributed by atoms with van der Waals surface area (Å²) in [5.74, 6) is -0.112. The van der Waals surface area contributed by atoms with Crippen LogP contribution in [-0.2, 0) is 15.3 Å². The summed E-state index contributed by atoms with van der Waals surface area (Å²) in [6.07, 6.45) is 1.70. The molecule has 3 nitrogen and oxygen atoms in total. The van der Waals surface area contributed by atoms with Gasteiger partial charge >= 0.3 is 0 Å². The number of benzene rings is 1. The van der Waals surface area contributed by atoms with Gasteiger partial charge in [0.05, 0.1) is 13.2 Å². The van der Waals surface area contributed by atoms with Crippen molar-refractivity contribution in [3.8, 4) is 0 Å². The lowest BCUT2D eigenvalue weighted by molar-refractivity contribution is -0.171. The number of hydrogen-bond acceptors (Lipinski definition) is 4. The van der Waals surface area contributed by atoms with Crippen LogP contribution >= 0.6 is 12.6 Å². The molecule has 0 saturated carbocycles. The normalized spacial score (nSPS) is 17.8. The van der Waals surface area contributed by atoms with Gasteiger partial charge in [-0.15, -0.1) is 0 Å². The van der Waals surface area contributed by atoms with E-state index in [0.29, 0.717) is 13.2 Å². The first-order valence-electron chi connectivity index (χ1n) is 6.62. The van der Waals surface area contributed by atoms with Gasteiger partial charge in [0.15, 0.2) is 5.79 Å². The van der Waals surface area contributed by atoms with E-state index in [-0.39, 0.29) is 5.82 Å². The van der Waals surface area contributed by atoms with E-state index in [0.717, 1.165) is 37.2 Å². The lowest BCUT2D eigenvalue weighted by Crippen LogP contribution is -2.29. The SMILES string of the molecule is Fc1ccc(C2(CCCNCCS)OCCO2)cc1. The molecule has 1 aliphatic heterocycles. The third-order valence-corrected chi connectivity index (χ3v) is 3.41. The summed E-state index contributed by atoms with van der Waals surface area (Å²) in [4.78, 5) is 0. The molecule has 1 aromatic rings. The number of rotatable bonds is 7. The minimum atomic E-state index is -0.698. The summed E-state index contributed by atoms with van der Waals surface area (Å²) < 4.78 is 24.6. The Morgan fingerprint density at radius 1 is 1.16 bits per heavy atom. The summed E-state index contributed by atoms with van der Waals surface area (Å²) in [6.45, 7) is 2.97. The molecule has 0 atom stereocenters. The Balaban J connectivity index is 1.95. The highest BCUT2D eigenvalue weighted by Gasteiger charge is 2.37. The smallest absolute Gasteiger partial charge is 0.195 e. The van der Waals surface area contributed by atoms with E-state index in [1.165, 1.54) is 12.1 Å². The van der Waals surface area contributed by atoms with Gasteiger partial charge in [-0.05, 0) is 25.1 Å². The zero-order valence-corrected chi connectivity index (χ0v) is 11.8. The molecule has 1 fully saturated rings. The average Bonchev–Trinajstić information content (AvgIpc) is 2.89. The molecule has 0 radical (unpaired) electrons. The van der Waals surface area contributed by atoms with Crippen molar-refractivity contribution in [2.24, 2.45) is 0 Å². The summed E-state index contributed by atoms with van der Waals surface area (Å²) in [5, 5.41) is 3.29. The van der Waals surface area contributed by atoms with Gasteiger partial charge in [0, 0.05) is 24.3 Å². The van der Waals surface area contributed by atoms with Gasteiger partial charge in [0.1, 0.15) is 5.82 Å². The van der Waals surface area contributed by atoms with E-state index in [9.17, 15) is 4.39 Å². The first kappa shape index (κ1) is 14.8. The Morgan fingerprint density at radius 2 is 1.84 bits per heavy atom. The lowest BCUT2D eigenvalue weighted by atomic mass is 10.0. The van der Waals surface area contributed by atoms with Gasteiger partial charge in [-0.25, -0.2) is 4.39 Å². The Morgan fingerprint density at radius 3 is 2.47 bits per heavy atom. The average molecular weight is 285 g/mol. The van der Waals surface area contributed by atoms with Gasteiger partial charge in [-0.2, -0.15) is 12.6 Å². The zero-order valence-electron chi connectivity index (χ0n) is 10.9. The maximum atomic E-state index is 13.0. The fourth-order valence-electron chi connectivity index (χ4n) is 2.26. The topological polar surface area (TPSA) is 30.5 Å². The van der Waals surface area contributed by atoms with E-state index >= 15 is 0 Å². The van der Waals surface area contributed by atoms with Crippen LogP contribution in [0.15, 0.2) is 24.3 Å². The highest BCUT2D eigenvalue weighted by molar-refractivity contribution is 7.80. The number of hydrogen-bond donors (Lipinski definition) is 2. The van der Waals surface area contributed by atoms with Crippen LogP contribution in [0.2, 0.25) is 0 Å². The predicted octanol–water partition coefficient (Wildman–Crippen LogP) is 2.32. The molecule has 1 saturated heterocycles. The highest BCUT2D eigenvalue weighted by atomic mass is 32.1. The highest BCUT2D eigenvalue weighted by Crippen LogP contribution is 2.35. The monoisotopic (exact) mass is 285 g/mol. The molecule has 1 heterocycles. The fraction of sp³-hybridized carbons (Fsp3) is 0.571. The van der Waals surface area contributed by atoms with Crippen molar-refractivity contribution in [3.05, 3.63) is 35.6 Å². The van der Waals surface area contributed by atoms with E-state index in [1.807, 2.05) is 0 Å². The van der Waals surface area contributed by atoms with E-state index < -0.39 is 5.79 Å². The molecule has 106 valence electrons. The van der Waals surface area contributed by atoms with Gasteiger partial charge < -0.3 is 14.8 Å². The molecule has 1 aliphatic rings. The molecule has 1 aromatic carbocycles. The predicted molar refractivity (Wildman–Crippen MR) is 75.9 cm³/mol. The van der Waals surface area contributed by atoms with Crippen LogP contribution < -0.4 is 5.32 Å². The Bertz CT molecular complexity index is 380. The van der Waals surface area contributed by atoms with Crippen molar-refractivity contribution in [1.82, 2.24) is 5.32 Å². The summed E-state index contributed by atoms with van der Waals surface area (Å²) >= 11 is 4.15. The second-order valence-corrected chi connectivity index (χ2v) is 4.98. The van der Waals surface area contributed by atoms with Gasteiger partial charge in [-0.1, -0.05) is 12.1 Å². The van der Waals surface area contributed by atoms with E-state index in [4.69, 9.17) is 9.47 Å². The molecule has 0 aromatic heterocycles. The van der Waals surface area contributed by atoms with Crippen LogP contribution in [0.4, 0.5) is 4.39 Å². The number of nitrogens with one attached hydrogen (secondary N) is 1. The standard InChI is InChI=1S/C14H20FNO2S/c15-13-4-2-12(3-5-13)14(17-9-10-18-14)6-1-7-16-8-11-19/h2-5,16,19H,1,6-11H2. The minimum Gasteiger partial charge on any atom is -0.343 e. The molecule has 0 spiro atoms. The third-order valence-electron chi connectivity index (χ3n) is 3.19. The van der Waals surface area contributed by atoms with Crippen LogP contribution in [0.3, 0.4) is 0 Å². The molecule has 1 N–H and O–H groups in total. The van der Waals surface area contributed by atoms with Crippen molar-refractivity contribution in [1.29, 1.82) is 0 Å². The van der Waals surface area contributed by atoms with Crippen LogP contribution in [0, 0.1) is 5.82 Å². The molecule has 0 aliphatic carbocycles. The van der Waals surface area contributed by atoms with E-state index in [1.54, 1.807) is 12.1 Å². The Labute approximate surface area is 118 Å². The minimum absolute atomic E-state index is 0.243. The van der Waals surface area contributed by atoms with Crippen LogP contribution in [0.5, 0.6) is 0 Å². The zero-order chi connectivity index (χ0) is 13.6. The van der Waals surface area contributed by atoms with Gasteiger partial charge in [-0.3, -0.25) is 0 Å². The van der Waals surface area contributed by atoms with Gasteiger partial charge in [0.25, 0.3) is 0 Å². The second-order valence-electron chi connectivity index (χ2n) is 4.53. The Hall–Kier alpha value is -0.620. The lowest BCUT2D eigenvalue weighted by Gasteiger charge is -2.28. The van der Waals surface area contributed by atoms with Crippen molar-refractivity contribution in [2.75, 3.05) is 32.1 Å². The second kappa shape index (κ2) is 7.24. The number of ether oxygens (including phenoxy) is 2.